The maximum Gasteiger partial charge on any atom is 0.271 e. The topological polar surface area (TPSA) is 94.8 Å². The van der Waals surface area contributed by atoms with Gasteiger partial charge in [-0.3, -0.25) is 19.3 Å². The average molecular weight is 370 g/mol. The van der Waals surface area contributed by atoms with E-state index in [1.54, 1.807) is 22.6 Å². The molecule has 2 amide bonds. The Morgan fingerprint density at radius 2 is 1.96 bits per heavy atom. The standard InChI is InChI=1S/C17H14N4O4S/c22-15(10-26-17-20-19-14-7-3-4-8-21(14)17)18-16(23)13-9-24-11-5-1-2-6-12(11)25-13/h1-8,13H,9-10H2,(H,18,22,23)/t13-/m0/s1. The van der Waals surface area contributed by atoms with Gasteiger partial charge in [0.15, 0.2) is 22.3 Å². The number of rotatable bonds is 4. The molecule has 0 bridgehead atoms. The van der Waals surface area contributed by atoms with Gasteiger partial charge in [0.2, 0.25) is 12.0 Å². The van der Waals surface area contributed by atoms with Gasteiger partial charge in [-0.1, -0.05) is 30.0 Å². The molecular formula is C17H14N4O4S. The Morgan fingerprint density at radius 3 is 2.85 bits per heavy atom. The highest BCUT2D eigenvalue weighted by atomic mass is 32.2. The monoisotopic (exact) mass is 370 g/mol. The first kappa shape index (κ1) is 16.4. The molecule has 0 fully saturated rings. The third-order valence-corrected chi connectivity index (χ3v) is 4.62. The second-order valence-electron chi connectivity index (χ2n) is 5.48. The summed E-state index contributed by atoms with van der Waals surface area (Å²) < 4.78 is 12.8. The van der Waals surface area contributed by atoms with Crippen molar-refractivity contribution in [2.24, 2.45) is 0 Å². The van der Waals surface area contributed by atoms with E-state index >= 15 is 0 Å². The molecular weight excluding hydrogens is 356 g/mol. The normalized spacial score (nSPS) is 15.6. The zero-order chi connectivity index (χ0) is 17.9. The maximum atomic E-state index is 12.2. The van der Waals surface area contributed by atoms with E-state index in [2.05, 4.69) is 15.5 Å². The first-order chi connectivity index (χ1) is 12.7. The summed E-state index contributed by atoms with van der Waals surface area (Å²) in [6.45, 7) is 0.0537. The Hall–Kier alpha value is -3.07. The summed E-state index contributed by atoms with van der Waals surface area (Å²) in [5, 5.41) is 10.9. The molecule has 0 unspecified atom stereocenters. The molecule has 2 aromatic heterocycles. The minimum absolute atomic E-state index is 0.0333. The van der Waals surface area contributed by atoms with Crippen LogP contribution in [0.25, 0.3) is 5.65 Å². The molecule has 0 radical (unpaired) electrons. The van der Waals surface area contributed by atoms with Crippen LogP contribution in [0.4, 0.5) is 0 Å². The van der Waals surface area contributed by atoms with Crippen molar-refractivity contribution in [3.05, 3.63) is 48.7 Å². The van der Waals surface area contributed by atoms with Crippen molar-refractivity contribution in [3.63, 3.8) is 0 Å². The molecule has 1 aliphatic rings. The van der Waals surface area contributed by atoms with Crippen LogP contribution in [-0.2, 0) is 9.59 Å². The molecule has 8 nitrogen and oxygen atoms in total. The van der Waals surface area contributed by atoms with E-state index in [1.807, 2.05) is 30.5 Å². The largest absolute Gasteiger partial charge is 0.485 e. The number of amides is 2. The molecule has 0 aliphatic carbocycles. The second-order valence-corrected chi connectivity index (χ2v) is 6.42. The zero-order valence-corrected chi connectivity index (χ0v) is 14.3. The third kappa shape index (κ3) is 3.33. The number of pyridine rings is 1. The van der Waals surface area contributed by atoms with E-state index in [0.717, 1.165) is 0 Å². The molecule has 4 rings (SSSR count). The number of nitrogens with one attached hydrogen (secondary N) is 1. The van der Waals surface area contributed by atoms with Gasteiger partial charge in [-0.15, -0.1) is 10.2 Å². The summed E-state index contributed by atoms with van der Waals surface area (Å²) >= 11 is 1.19. The summed E-state index contributed by atoms with van der Waals surface area (Å²) in [6, 6.07) is 12.6. The number of para-hydroxylation sites is 2. The van der Waals surface area contributed by atoms with Crippen LogP contribution in [0.5, 0.6) is 11.5 Å². The van der Waals surface area contributed by atoms with Crippen molar-refractivity contribution in [2.75, 3.05) is 12.4 Å². The number of imide groups is 1. The summed E-state index contributed by atoms with van der Waals surface area (Å²) in [7, 11) is 0. The Balaban J connectivity index is 1.33. The van der Waals surface area contributed by atoms with E-state index in [-0.39, 0.29) is 12.4 Å². The van der Waals surface area contributed by atoms with Crippen LogP contribution < -0.4 is 14.8 Å². The van der Waals surface area contributed by atoms with E-state index in [1.165, 1.54) is 11.8 Å². The van der Waals surface area contributed by atoms with Crippen LogP contribution >= 0.6 is 11.8 Å². The third-order valence-electron chi connectivity index (χ3n) is 3.68. The summed E-state index contributed by atoms with van der Waals surface area (Å²) in [5.74, 6) is 0.130. The van der Waals surface area contributed by atoms with Gasteiger partial charge in [0, 0.05) is 6.20 Å². The number of benzene rings is 1. The van der Waals surface area contributed by atoms with Crippen molar-refractivity contribution in [1.82, 2.24) is 19.9 Å². The fourth-order valence-corrected chi connectivity index (χ4v) is 3.18. The molecule has 132 valence electrons. The van der Waals surface area contributed by atoms with Crippen molar-refractivity contribution in [3.8, 4) is 11.5 Å². The van der Waals surface area contributed by atoms with E-state index in [4.69, 9.17) is 9.47 Å². The molecule has 0 saturated carbocycles. The van der Waals surface area contributed by atoms with Crippen molar-refractivity contribution < 1.29 is 19.1 Å². The SMILES string of the molecule is O=C(CSc1nnc2ccccn12)NC(=O)[C@@H]1COc2ccccc2O1. The summed E-state index contributed by atoms with van der Waals surface area (Å²) in [5.41, 5.74) is 0.693. The molecule has 0 spiro atoms. The van der Waals surface area contributed by atoms with Crippen molar-refractivity contribution in [2.45, 2.75) is 11.3 Å². The van der Waals surface area contributed by atoms with Gasteiger partial charge in [-0.2, -0.15) is 0 Å². The molecule has 1 aliphatic heterocycles. The Kier molecular flexibility index (Phi) is 4.44. The lowest BCUT2D eigenvalue weighted by atomic mass is 10.2. The van der Waals surface area contributed by atoms with E-state index in [0.29, 0.717) is 22.3 Å². The smallest absolute Gasteiger partial charge is 0.271 e. The predicted octanol–water partition coefficient (Wildman–Crippen LogP) is 1.30. The van der Waals surface area contributed by atoms with Gasteiger partial charge in [-0.25, -0.2) is 0 Å². The first-order valence-electron chi connectivity index (χ1n) is 7.85. The highest BCUT2D eigenvalue weighted by Gasteiger charge is 2.28. The average Bonchev–Trinajstić information content (AvgIpc) is 3.09. The quantitative estimate of drug-likeness (QED) is 0.692. The minimum Gasteiger partial charge on any atom is -0.485 e. The molecule has 3 heterocycles. The summed E-state index contributed by atoms with van der Waals surface area (Å²) in [6.07, 6.45) is 0.943. The van der Waals surface area contributed by atoms with Crippen LogP contribution in [0, 0.1) is 0 Å². The molecule has 0 saturated heterocycles. The molecule has 9 heteroatoms. The fourth-order valence-electron chi connectivity index (χ4n) is 2.45. The van der Waals surface area contributed by atoms with E-state index < -0.39 is 17.9 Å². The lowest BCUT2D eigenvalue weighted by Crippen LogP contribution is -2.46. The Bertz CT molecular complexity index is 974. The molecule has 1 aromatic carbocycles. The summed E-state index contributed by atoms with van der Waals surface area (Å²) in [4.78, 5) is 24.3. The fraction of sp³-hybridized carbons (Fsp3) is 0.176. The number of ether oxygens (including phenoxy) is 2. The first-order valence-corrected chi connectivity index (χ1v) is 8.84. The number of carbonyl (C=O) groups excluding carboxylic acids is 2. The lowest BCUT2D eigenvalue weighted by molar-refractivity contribution is -0.135. The van der Waals surface area contributed by atoms with Gasteiger partial charge in [-0.05, 0) is 24.3 Å². The highest BCUT2D eigenvalue weighted by molar-refractivity contribution is 7.99. The van der Waals surface area contributed by atoms with Gasteiger partial charge < -0.3 is 9.47 Å². The zero-order valence-electron chi connectivity index (χ0n) is 13.5. The number of aromatic nitrogens is 3. The van der Waals surface area contributed by atoms with Crippen LogP contribution in [0.15, 0.2) is 53.8 Å². The molecule has 1 atom stereocenters. The minimum atomic E-state index is -0.868. The number of thioether (sulfide) groups is 1. The number of nitrogens with zero attached hydrogens (tertiary/aromatic N) is 3. The van der Waals surface area contributed by atoms with Crippen molar-refractivity contribution >= 4 is 29.2 Å². The predicted molar refractivity (Wildman–Crippen MR) is 93.2 cm³/mol. The Morgan fingerprint density at radius 1 is 1.15 bits per heavy atom. The van der Waals surface area contributed by atoms with Crippen LogP contribution in [0.3, 0.4) is 0 Å². The molecule has 1 N–H and O–H groups in total. The van der Waals surface area contributed by atoms with E-state index in [9.17, 15) is 9.59 Å². The number of carbonyl (C=O) groups is 2. The van der Waals surface area contributed by atoms with Gasteiger partial charge in [0.1, 0.15) is 6.61 Å². The second kappa shape index (κ2) is 7.04. The van der Waals surface area contributed by atoms with Crippen LogP contribution in [-0.4, -0.2) is 44.9 Å². The maximum absolute atomic E-state index is 12.2. The molecule has 3 aromatic rings. The van der Waals surface area contributed by atoms with Gasteiger partial charge in [0.05, 0.1) is 5.75 Å². The van der Waals surface area contributed by atoms with Gasteiger partial charge in [0.25, 0.3) is 5.91 Å². The van der Waals surface area contributed by atoms with Gasteiger partial charge >= 0.3 is 0 Å². The Labute approximate surface area is 152 Å². The van der Waals surface area contributed by atoms with Crippen LogP contribution in [0.2, 0.25) is 0 Å². The highest BCUT2D eigenvalue weighted by Crippen LogP contribution is 2.30. The number of fused-ring (bicyclic) bond motifs is 2. The number of hydrogen-bond donors (Lipinski definition) is 1. The van der Waals surface area contributed by atoms with Crippen LogP contribution in [0.1, 0.15) is 0 Å². The molecule has 26 heavy (non-hydrogen) atoms. The van der Waals surface area contributed by atoms with Crippen molar-refractivity contribution in [1.29, 1.82) is 0 Å². The number of hydrogen-bond acceptors (Lipinski definition) is 7. The lowest BCUT2D eigenvalue weighted by Gasteiger charge is -2.25.